The molecule has 0 aromatic heterocycles. The molecule has 0 saturated heterocycles. The van der Waals surface area contributed by atoms with Crippen LogP contribution in [0, 0.1) is 6.92 Å². The minimum Gasteiger partial charge on any atom is -0.459 e. The number of aryl methyl sites for hydroxylation is 1. The first-order valence-electron chi connectivity index (χ1n) is 9.45. The zero-order chi connectivity index (χ0) is 16.9. The van der Waals surface area contributed by atoms with E-state index in [-0.39, 0.29) is 12.1 Å². The first-order chi connectivity index (χ1) is 11.2. The van der Waals surface area contributed by atoms with Gasteiger partial charge in [-0.05, 0) is 38.3 Å². The van der Waals surface area contributed by atoms with Gasteiger partial charge in [-0.15, -0.1) is 0 Å². The summed E-state index contributed by atoms with van der Waals surface area (Å²) < 4.78 is 5.74. The molecule has 23 heavy (non-hydrogen) atoms. The first-order valence-corrected chi connectivity index (χ1v) is 9.45. The molecule has 0 fully saturated rings. The fourth-order valence-electron chi connectivity index (χ4n) is 2.90. The Hall–Kier alpha value is -1.31. The second-order valence-corrected chi connectivity index (χ2v) is 6.60. The van der Waals surface area contributed by atoms with Gasteiger partial charge < -0.3 is 4.74 Å². The third-order valence-electron chi connectivity index (χ3n) is 4.27. The summed E-state index contributed by atoms with van der Waals surface area (Å²) in [6.07, 6.45) is 12.2. The van der Waals surface area contributed by atoms with Crippen LogP contribution in [0.5, 0.6) is 0 Å². The van der Waals surface area contributed by atoms with Crippen molar-refractivity contribution >= 4 is 5.97 Å². The zero-order valence-corrected chi connectivity index (χ0v) is 15.3. The van der Waals surface area contributed by atoms with Crippen LogP contribution < -0.4 is 0 Å². The maximum atomic E-state index is 12.3. The lowest BCUT2D eigenvalue weighted by Crippen LogP contribution is -2.18. The molecule has 1 aromatic carbocycles. The molecule has 0 aliphatic rings. The fraction of sp³-hybridized carbons (Fsp3) is 0.667. The molecule has 0 radical (unpaired) electrons. The molecule has 1 aromatic rings. The van der Waals surface area contributed by atoms with Gasteiger partial charge >= 0.3 is 5.97 Å². The molecule has 0 bridgehead atoms. The van der Waals surface area contributed by atoms with E-state index in [9.17, 15) is 4.79 Å². The van der Waals surface area contributed by atoms with E-state index in [0.29, 0.717) is 5.56 Å². The van der Waals surface area contributed by atoms with Crippen LogP contribution in [-0.4, -0.2) is 12.1 Å². The third kappa shape index (κ3) is 8.78. The van der Waals surface area contributed by atoms with Gasteiger partial charge in [0.1, 0.15) is 6.10 Å². The number of carbonyl (C=O) groups excluding carboxylic acids is 1. The lowest BCUT2D eigenvalue weighted by Gasteiger charge is -2.17. The molecule has 0 amide bonds. The Morgan fingerprint density at radius 3 is 2.30 bits per heavy atom. The Morgan fingerprint density at radius 1 is 0.957 bits per heavy atom. The molecule has 2 nitrogen and oxygen atoms in total. The molecular weight excluding hydrogens is 284 g/mol. The van der Waals surface area contributed by atoms with E-state index in [1.54, 1.807) is 0 Å². The summed E-state index contributed by atoms with van der Waals surface area (Å²) in [6, 6.07) is 7.65. The number of carbonyl (C=O) groups is 1. The average Bonchev–Trinajstić information content (AvgIpc) is 2.54. The van der Waals surface area contributed by atoms with Crippen molar-refractivity contribution in [1.29, 1.82) is 0 Å². The van der Waals surface area contributed by atoms with E-state index in [1.807, 2.05) is 31.2 Å². The second-order valence-electron chi connectivity index (χ2n) is 6.60. The fourth-order valence-corrected chi connectivity index (χ4v) is 2.90. The summed E-state index contributed by atoms with van der Waals surface area (Å²) in [5.41, 5.74) is 1.77. The highest BCUT2D eigenvalue weighted by Crippen LogP contribution is 2.16. The maximum Gasteiger partial charge on any atom is 0.338 e. The summed E-state index contributed by atoms with van der Waals surface area (Å²) in [7, 11) is 0. The molecular formula is C21H34O2. The third-order valence-corrected chi connectivity index (χ3v) is 4.27. The number of hydrogen-bond acceptors (Lipinski definition) is 2. The number of unbranched alkanes of at least 4 members (excludes halogenated alkanes) is 6. The van der Waals surface area contributed by atoms with E-state index < -0.39 is 0 Å². The highest BCUT2D eigenvalue weighted by molar-refractivity contribution is 5.89. The number of hydrogen-bond donors (Lipinski definition) is 0. The van der Waals surface area contributed by atoms with Crippen molar-refractivity contribution in [3.8, 4) is 0 Å². The lowest BCUT2D eigenvalue weighted by molar-refractivity contribution is 0.0253. The minimum atomic E-state index is -0.171. The maximum absolute atomic E-state index is 12.3. The van der Waals surface area contributed by atoms with Crippen LogP contribution in [0.1, 0.15) is 94.0 Å². The van der Waals surface area contributed by atoms with E-state index in [1.165, 1.54) is 38.5 Å². The van der Waals surface area contributed by atoms with E-state index >= 15 is 0 Å². The van der Waals surface area contributed by atoms with E-state index in [2.05, 4.69) is 13.8 Å². The van der Waals surface area contributed by atoms with E-state index in [4.69, 9.17) is 4.74 Å². The monoisotopic (exact) mass is 318 g/mol. The van der Waals surface area contributed by atoms with Crippen molar-refractivity contribution in [2.75, 3.05) is 0 Å². The van der Waals surface area contributed by atoms with Gasteiger partial charge in [-0.2, -0.15) is 0 Å². The topological polar surface area (TPSA) is 26.3 Å². The predicted molar refractivity (Wildman–Crippen MR) is 97.9 cm³/mol. The number of rotatable bonds is 12. The summed E-state index contributed by atoms with van der Waals surface area (Å²) in [4.78, 5) is 12.3. The molecule has 0 aliphatic heterocycles. The van der Waals surface area contributed by atoms with Crippen LogP contribution in [-0.2, 0) is 4.74 Å². The zero-order valence-electron chi connectivity index (χ0n) is 15.3. The van der Waals surface area contributed by atoms with Gasteiger partial charge in [0.25, 0.3) is 0 Å². The van der Waals surface area contributed by atoms with Crippen molar-refractivity contribution in [3.63, 3.8) is 0 Å². The Kier molecular flexibility index (Phi) is 10.4. The van der Waals surface area contributed by atoms with Crippen molar-refractivity contribution in [3.05, 3.63) is 35.4 Å². The molecule has 0 N–H and O–H groups in total. The summed E-state index contributed by atoms with van der Waals surface area (Å²) in [6.45, 7) is 6.40. The van der Waals surface area contributed by atoms with Crippen LogP contribution in [0.2, 0.25) is 0 Å². The van der Waals surface area contributed by atoms with Gasteiger partial charge in [-0.1, -0.05) is 76.5 Å². The number of esters is 1. The quantitative estimate of drug-likeness (QED) is 0.326. The molecule has 0 spiro atoms. The lowest BCUT2D eigenvalue weighted by atomic mass is 10.0. The minimum absolute atomic E-state index is 0.0728. The normalized spacial score (nSPS) is 12.1. The Bertz CT molecular complexity index is 439. The molecule has 0 heterocycles. The van der Waals surface area contributed by atoms with Crippen LogP contribution in [0.25, 0.3) is 0 Å². The molecule has 1 unspecified atom stereocenters. The van der Waals surface area contributed by atoms with Crippen LogP contribution in [0.3, 0.4) is 0 Å². The Balaban J connectivity index is 2.32. The molecule has 2 heteroatoms. The largest absolute Gasteiger partial charge is 0.459 e. The van der Waals surface area contributed by atoms with Gasteiger partial charge in [0.05, 0.1) is 5.56 Å². The smallest absolute Gasteiger partial charge is 0.338 e. The van der Waals surface area contributed by atoms with Gasteiger partial charge in [0.2, 0.25) is 0 Å². The molecule has 1 atom stereocenters. The van der Waals surface area contributed by atoms with Crippen molar-refractivity contribution in [1.82, 2.24) is 0 Å². The Labute approximate surface area is 142 Å². The highest BCUT2D eigenvalue weighted by atomic mass is 16.5. The SMILES string of the molecule is CCCCCCCCCC(CCC)OC(=O)c1cccc(C)c1. The first kappa shape index (κ1) is 19.7. The summed E-state index contributed by atoms with van der Waals surface area (Å²) in [5, 5.41) is 0. The predicted octanol–water partition coefficient (Wildman–Crippen LogP) is 6.46. The summed E-state index contributed by atoms with van der Waals surface area (Å²) >= 11 is 0. The van der Waals surface area contributed by atoms with Gasteiger partial charge in [0, 0.05) is 0 Å². The van der Waals surface area contributed by atoms with Gasteiger partial charge in [-0.25, -0.2) is 4.79 Å². The van der Waals surface area contributed by atoms with Gasteiger partial charge in [-0.3, -0.25) is 0 Å². The summed E-state index contributed by atoms with van der Waals surface area (Å²) in [5.74, 6) is -0.171. The average molecular weight is 319 g/mol. The van der Waals surface area contributed by atoms with Crippen LogP contribution in [0.15, 0.2) is 24.3 Å². The highest BCUT2D eigenvalue weighted by Gasteiger charge is 2.15. The van der Waals surface area contributed by atoms with Crippen molar-refractivity contribution < 1.29 is 9.53 Å². The van der Waals surface area contributed by atoms with Crippen molar-refractivity contribution in [2.24, 2.45) is 0 Å². The van der Waals surface area contributed by atoms with E-state index in [0.717, 1.165) is 31.2 Å². The van der Waals surface area contributed by atoms with Crippen molar-refractivity contribution in [2.45, 2.75) is 91.1 Å². The standard InChI is InChI=1S/C21H34O2/c1-4-6-7-8-9-10-11-16-20(13-5-2)23-21(22)19-15-12-14-18(3)17-19/h12,14-15,17,20H,4-11,13,16H2,1-3H3. The molecule has 1 rings (SSSR count). The van der Waals surface area contributed by atoms with Crippen LogP contribution >= 0.6 is 0 Å². The van der Waals surface area contributed by atoms with Crippen LogP contribution in [0.4, 0.5) is 0 Å². The van der Waals surface area contributed by atoms with Gasteiger partial charge in [0.15, 0.2) is 0 Å². The Morgan fingerprint density at radius 2 is 1.65 bits per heavy atom. The molecule has 0 saturated carbocycles. The number of ether oxygens (including phenoxy) is 1. The second kappa shape index (κ2) is 12.2. The number of benzene rings is 1. The molecule has 130 valence electrons. The molecule has 0 aliphatic carbocycles.